The second kappa shape index (κ2) is 9.50. The average molecular weight is 333 g/mol. The Balaban J connectivity index is 0. The summed E-state index contributed by atoms with van der Waals surface area (Å²) >= 11 is 0. The number of hydrogen-bond acceptors (Lipinski definition) is 4. The average Bonchev–Trinajstić information content (AvgIpc) is 2.20. The van der Waals surface area contributed by atoms with Gasteiger partial charge in [-0.3, -0.25) is 14.4 Å². The second-order valence-corrected chi connectivity index (χ2v) is 7.75. The van der Waals surface area contributed by atoms with Crippen molar-refractivity contribution in [1.29, 1.82) is 0 Å². The Bertz CT molecular complexity index is 406. The van der Waals surface area contributed by atoms with E-state index in [1.165, 1.54) is 0 Å². The fraction of sp³-hybridized carbons (Fsp3) is 0.812. The lowest BCUT2D eigenvalue weighted by Crippen LogP contribution is -2.42. The van der Waals surface area contributed by atoms with E-state index in [9.17, 15) is 14.4 Å². The van der Waals surface area contributed by atoms with Crippen LogP contribution < -0.4 is 5.32 Å². The molecular formula is C16H31NO6. The van der Waals surface area contributed by atoms with Crippen molar-refractivity contribution in [2.75, 3.05) is 0 Å². The molecule has 0 aromatic rings. The molecule has 0 aromatic carbocycles. The predicted molar refractivity (Wildman–Crippen MR) is 87.4 cm³/mol. The van der Waals surface area contributed by atoms with Gasteiger partial charge in [-0.05, 0) is 33.1 Å². The van der Waals surface area contributed by atoms with Gasteiger partial charge in [0.05, 0.1) is 18.8 Å². The van der Waals surface area contributed by atoms with E-state index in [2.05, 4.69) is 5.32 Å². The van der Waals surface area contributed by atoms with Crippen molar-refractivity contribution in [3.8, 4) is 0 Å². The maximum Gasteiger partial charge on any atom is 0.307 e. The zero-order valence-corrected chi connectivity index (χ0v) is 15.1. The standard InChI is InChI=1S/C8H17NO2.C8H14O4/c1-6(5-7(10)11)9-8(2,3)4;1-8(2,3)5(7(11)12)4-6(9)10/h6,9H,5H2,1-4H3,(H,10,11);5H,4H2,1-3H3,(H,9,10)(H,11,12). The number of hydrogen-bond donors (Lipinski definition) is 4. The molecule has 7 heteroatoms. The molecule has 0 aromatic heterocycles. The SMILES string of the molecule is CC(C)(C)C(CC(=O)O)C(=O)O.CC(CC(=O)O)NC(C)(C)C. The van der Waals surface area contributed by atoms with Gasteiger partial charge in [0.15, 0.2) is 0 Å². The van der Waals surface area contributed by atoms with E-state index in [-0.39, 0.29) is 24.4 Å². The van der Waals surface area contributed by atoms with Crippen LogP contribution >= 0.6 is 0 Å². The fourth-order valence-electron chi connectivity index (χ4n) is 1.99. The Morgan fingerprint density at radius 3 is 1.43 bits per heavy atom. The minimum absolute atomic E-state index is 0.00509. The number of aliphatic carboxylic acids is 3. The third-order valence-corrected chi connectivity index (χ3v) is 2.88. The van der Waals surface area contributed by atoms with Gasteiger partial charge in [0.2, 0.25) is 0 Å². The van der Waals surface area contributed by atoms with Crippen LogP contribution in [0.1, 0.15) is 61.3 Å². The summed E-state index contributed by atoms with van der Waals surface area (Å²) in [5, 5.41) is 28.7. The minimum atomic E-state index is -1.07. The van der Waals surface area contributed by atoms with Crippen LogP contribution in [0.5, 0.6) is 0 Å². The molecule has 0 radical (unpaired) electrons. The topological polar surface area (TPSA) is 124 Å². The molecule has 0 bridgehead atoms. The minimum Gasteiger partial charge on any atom is -0.481 e. The first-order valence-corrected chi connectivity index (χ1v) is 7.50. The van der Waals surface area contributed by atoms with Crippen molar-refractivity contribution in [1.82, 2.24) is 5.32 Å². The van der Waals surface area contributed by atoms with Crippen LogP contribution in [0.2, 0.25) is 0 Å². The first-order valence-electron chi connectivity index (χ1n) is 7.50. The highest BCUT2D eigenvalue weighted by Gasteiger charge is 2.32. The molecular weight excluding hydrogens is 302 g/mol. The van der Waals surface area contributed by atoms with Crippen molar-refractivity contribution in [2.45, 2.75) is 72.9 Å². The van der Waals surface area contributed by atoms with Gasteiger partial charge in [0, 0.05) is 11.6 Å². The van der Waals surface area contributed by atoms with Gasteiger partial charge in [-0.15, -0.1) is 0 Å². The molecule has 0 amide bonds. The molecule has 0 heterocycles. The molecule has 2 atom stereocenters. The van der Waals surface area contributed by atoms with Crippen molar-refractivity contribution in [3.63, 3.8) is 0 Å². The summed E-state index contributed by atoms with van der Waals surface area (Å²) in [4.78, 5) is 31.2. The summed E-state index contributed by atoms with van der Waals surface area (Å²) < 4.78 is 0. The van der Waals surface area contributed by atoms with Crippen LogP contribution in [0, 0.1) is 11.3 Å². The van der Waals surface area contributed by atoms with E-state index in [0.29, 0.717) is 0 Å². The maximum atomic E-state index is 10.6. The summed E-state index contributed by atoms with van der Waals surface area (Å²) in [5.41, 5.74) is -0.515. The zero-order chi connectivity index (χ0) is 19.0. The van der Waals surface area contributed by atoms with E-state index < -0.39 is 29.2 Å². The van der Waals surface area contributed by atoms with Gasteiger partial charge in [-0.25, -0.2) is 0 Å². The van der Waals surface area contributed by atoms with Gasteiger partial charge in [0.25, 0.3) is 0 Å². The van der Waals surface area contributed by atoms with E-state index in [0.717, 1.165) is 0 Å². The van der Waals surface area contributed by atoms with Crippen LogP contribution in [0.15, 0.2) is 0 Å². The summed E-state index contributed by atoms with van der Waals surface area (Å²) in [6.45, 7) is 13.1. The van der Waals surface area contributed by atoms with Crippen LogP contribution in [-0.2, 0) is 14.4 Å². The second-order valence-electron chi connectivity index (χ2n) is 7.75. The molecule has 4 N–H and O–H groups in total. The summed E-state index contributed by atoms with van der Waals surface area (Å²) in [7, 11) is 0. The van der Waals surface area contributed by atoms with Crippen molar-refractivity contribution < 1.29 is 29.7 Å². The number of carboxylic acids is 3. The smallest absolute Gasteiger partial charge is 0.307 e. The van der Waals surface area contributed by atoms with Gasteiger partial charge < -0.3 is 20.6 Å². The highest BCUT2D eigenvalue weighted by Crippen LogP contribution is 2.28. The Morgan fingerprint density at radius 2 is 1.26 bits per heavy atom. The van der Waals surface area contributed by atoms with Crippen molar-refractivity contribution in [3.05, 3.63) is 0 Å². The molecule has 2 unspecified atom stereocenters. The van der Waals surface area contributed by atoms with E-state index >= 15 is 0 Å². The lowest BCUT2D eigenvalue weighted by atomic mass is 9.79. The molecule has 0 saturated carbocycles. The van der Waals surface area contributed by atoms with Gasteiger partial charge in [-0.1, -0.05) is 20.8 Å². The van der Waals surface area contributed by atoms with Crippen molar-refractivity contribution in [2.24, 2.45) is 11.3 Å². The summed E-state index contributed by atoms with van der Waals surface area (Å²) in [5.74, 6) is -3.70. The lowest BCUT2D eigenvalue weighted by Gasteiger charge is -2.25. The number of rotatable bonds is 6. The molecule has 0 saturated heterocycles. The van der Waals surface area contributed by atoms with Crippen LogP contribution in [0.4, 0.5) is 0 Å². The lowest BCUT2D eigenvalue weighted by molar-refractivity contribution is -0.152. The monoisotopic (exact) mass is 333 g/mol. The first-order chi connectivity index (χ1) is 10.1. The molecule has 7 nitrogen and oxygen atoms in total. The van der Waals surface area contributed by atoms with Crippen LogP contribution in [0.25, 0.3) is 0 Å². The molecule has 0 spiro atoms. The largest absolute Gasteiger partial charge is 0.481 e. The molecule has 0 aliphatic heterocycles. The predicted octanol–water partition coefficient (Wildman–Crippen LogP) is 2.45. The highest BCUT2D eigenvalue weighted by atomic mass is 16.4. The van der Waals surface area contributed by atoms with Crippen LogP contribution in [-0.4, -0.2) is 44.8 Å². The van der Waals surface area contributed by atoms with Gasteiger partial charge in [-0.2, -0.15) is 0 Å². The van der Waals surface area contributed by atoms with E-state index in [4.69, 9.17) is 15.3 Å². The Labute approximate surface area is 138 Å². The highest BCUT2D eigenvalue weighted by molar-refractivity contribution is 5.78. The summed E-state index contributed by atoms with van der Waals surface area (Å²) in [6, 6.07) is 0.0347. The molecule has 0 aliphatic rings. The van der Waals surface area contributed by atoms with Crippen LogP contribution in [0.3, 0.4) is 0 Å². The molecule has 136 valence electrons. The number of nitrogens with one attached hydrogen (secondary N) is 1. The van der Waals surface area contributed by atoms with Crippen molar-refractivity contribution >= 4 is 17.9 Å². The third kappa shape index (κ3) is 15.1. The zero-order valence-electron chi connectivity index (χ0n) is 15.1. The summed E-state index contributed by atoms with van der Waals surface area (Å²) in [6.07, 6.45) is -0.143. The number of carboxylic acid groups (broad SMARTS) is 3. The Hall–Kier alpha value is -1.63. The van der Waals surface area contributed by atoms with E-state index in [1.807, 2.05) is 27.7 Å². The molecule has 0 aliphatic carbocycles. The molecule has 0 fully saturated rings. The Morgan fingerprint density at radius 1 is 0.870 bits per heavy atom. The van der Waals surface area contributed by atoms with E-state index in [1.54, 1.807) is 20.8 Å². The van der Waals surface area contributed by atoms with Gasteiger partial charge >= 0.3 is 17.9 Å². The fourth-order valence-corrected chi connectivity index (χ4v) is 1.99. The Kier molecular flexibility index (Phi) is 9.76. The quantitative estimate of drug-likeness (QED) is 0.588. The third-order valence-electron chi connectivity index (χ3n) is 2.88. The van der Waals surface area contributed by atoms with Gasteiger partial charge in [0.1, 0.15) is 0 Å². The number of carbonyl (C=O) groups is 3. The molecule has 0 rings (SSSR count). The first kappa shape index (κ1) is 23.6. The normalized spacial score (nSPS) is 14.2. The maximum absolute atomic E-state index is 10.6. The molecule has 23 heavy (non-hydrogen) atoms.